The summed E-state index contributed by atoms with van der Waals surface area (Å²) >= 11 is 0. The molecule has 1 N–H and O–H groups in total. The van der Waals surface area contributed by atoms with Crippen LogP contribution in [0.25, 0.3) is 11.3 Å². The normalized spacial score (nSPS) is 10.6. The molecule has 0 atom stereocenters. The molecule has 2 aromatic rings. The molecule has 0 unspecified atom stereocenters. The van der Waals surface area contributed by atoms with Crippen LogP contribution in [0.4, 0.5) is 0 Å². The van der Waals surface area contributed by atoms with Gasteiger partial charge < -0.3 is 5.11 Å². The number of carboxylic acid groups (broad SMARTS) is 1. The quantitative estimate of drug-likeness (QED) is 0.894. The van der Waals surface area contributed by atoms with Crippen molar-refractivity contribution in [2.45, 2.75) is 33.2 Å². The number of hydrogen-bond donors (Lipinski definition) is 1. The van der Waals surface area contributed by atoms with Gasteiger partial charge in [-0.05, 0) is 18.9 Å². The van der Waals surface area contributed by atoms with Crippen molar-refractivity contribution >= 4 is 5.97 Å². The lowest BCUT2D eigenvalue weighted by atomic mass is 10.0. The van der Waals surface area contributed by atoms with Gasteiger partial charge >= 0.3 is 5.97 Å². The Hall–Kier alpha value is -2.10. The average molecular weight is 258 g/mol. The van der Waals surface area contributed by atoms with Crippen LogP contribution in [0, 0.1) is 6.92 Å². The minimum absolute atomic E-state index is 0.269. The van der Waals surface area contributed by atoms with Gasteiger partial charge in [0.15, 0.2) is 0 Å². The molecule has 1 heterocycles. The Bertz CT molecular complexity index is 588. The maximum atomic E-state index is 11.3. The van der Waals surface area contributed by atoms with Crippen LogP contribution in [-0.2, 0) is 6.54 Å². The average Bonchev–Trinajstić information content (AvgIpc) is 2.81. The number of aromatic carboxylic acids is 1. The molecule has 2 rings (SSSR count). The number of aryl methyl sites for hydroxylation is 2. The Morgan fingerprint density at radius 1 is 1.37 bits per heavy atom. The van der Waals surface area contributed by atoms with Crippen molar-refractivity contribution in [1.29, 1.82) is 0 Å². The molecule has 0 bridgehead atoms. The molecule has 19 heavy (non-hydrogen) atoms. The molecule has 0 aliphatic rings. The first-order valence-corrected chi connectivity index (χ1v) is 6.50. The van der Waals surface area contributed by atoms with E-state index in [2.05, 4.69) is 12.0 Å². The van der Waals surface area contributed by atoms with E-state index >= 15 is 0 Å². The van der Waals surface area contributed by atoms with Crippen LogP contribution in [0.5, 0.6) is 0 Å². The van der Waals surface area contributed by atoms with Crippen LogP contribution < -0.4 is 0 Å². The van der Waals surface area contributed by atoms with Gasteiger partial charge in [0.25, 0.3) is 0 Å². The van der Waals surface area contributed by atoms with E-state index in [1.54, 1.807) is 10.9 Å². The highest BCUT2D eigenvalue weighted by Crippen LogP contribution is 2.25. The summed E-state index contributed by atoms with van der Waals surface area (Å²) in [5, 5.41) is 13.7. The molecule has 0 aliphatic carbocycles. The standard InChI is InChI=1S/C15H18N2O2/c1-3-4-9-17-10-13(15(18)19)14(16-17)12-8-6-5-7-11(12)2/h5-8,10H,3-4,9H2,1-2H3,(H,18,19). The van der Waals surface area contributed by atoms with E-state index in [0.29, 0.717) is 5.69 Å². The Kier molecular flexibility index (Phi) is 4.00. The largest absolute Gasteiger partial charge is 0.478 e. The summed E-state index contributed by atoms with van der Waals surface area (Å²) in [6.07, 6.45) is 3.68. The molecule has 0 aliphatic heterocycles. The fourth-order valence-corrected chi connectivity index (χ4v) is 2.05. The van der Waals surface area contributed by atoms with Gasteiger partial charge in [-0.25, -0.2) is 4.79 Å². The second-order valence-electron chi connectivity index (χ2n) is 4.63. The molecule has 0 fully saturated rings. The Morgan fingerprint density at radius 2 is 2.11 bits per heavy atom. The van der Waals surface area contributed by atoms with E-state index in [1.807, 2.05) is 31.2 Å². The minimum Gasteiger partial charge on any atom is -0.478 e. The highest BCUT2D eigenvalue weighted by Gasteiger charge is 2.17. The number of nitrogens with zero attached hydrogens (tertiary/aromatic N) is 2. The van der Waals surface area contributed by atoms with Crippen molar-refractivity contribution in [3.8, 4) is 11.3 Å². The number of carbonyl (C=O) groups is 1. The molecule has 4 heteroatoms. The highest BCUT2D eigenvalue weighted by atomic mass is 16.4. The van der Waals surface area contributed by atoms with Crippen LogP contribution in [0.2, 0.25) is 0 Å². The molecule has 0 saturated carbocycles. The lowest BCUT2D eigenvalue weighted by molar-refractivity contribution is 0.0697. The fourth-order valence-electron chi connectivity index (χ4n) is 2.05. The van der Waals surface area contributed by atoms with Gasteiger partial charge in [-0.15, -0.1) is 0 Å². The van der Waals surface area contributed by atoms with Crippen molar-refractivity contribution in [2.75, 3.05) is 0 Å². The lowest BCUT2D eigenvalue weighted by Crippen LogP contribution is -1.98. The van der Waals surface area contributed by atoms with E-state index in [-0.39, 0.29) is 5.56 Å². The molecule has 0 saturated heterocycles. The van der Waals surface area contributed by atoms with Crippen molar-refractivity contribution < 1.29 is 9.90 Å². The summed E-state index contributed by atoms with van der Waals surface area (Å²) in [5.74, 6) is -0.930. The molecule has 100 valence electrons. The SMILES string of the molecule is CCCCn1cc(C(=O)O)c(-c2ccccc2C)n1. The third-order valence-electron chi connectivity index (χ3n) is 3.13. The molecule has 0 spiro atoms. The number of hydrogen-bond acceptors (Lipinski definition) is 2. The number of benzene rings is 1. The summed E-state index contributed by atoms with van der Waals surface area (Å²) in [7, 11) is 0. The highest BCUT2D eigenvalue weighted by molar-refractivity contribution is 5.95. The topological polar surface area (TPSA) is 55.1 Å². The van der Waals surface area contributed by atoms with E-state index in [0.717, 1.165) is 30.5 Å². The van der Waals surface area contributed by atoms with E-state index in [9.17, 15) is 9.90 Å². The zero-order chi connectivity index (χ0) is 13.8. The van der Waals surface area contributed by atoms with Crippen LogP contribution in [-0.4, -0.2) is 20.9 Å². The summed E-state index contributed by atoms with van der Waals surface area (Å²) in [5.41, 5.74) is 2.74. The fraction of sp³-hybridized carbons (Fsp3) is 0.333. The van der Waals surface area contributed by atoms with Crippen molar-refractivity contribution in [3.63, 3.8) is 0 Å². The van der Waals surface area contributed by atoms with Gasteiger partial charge in [0.2, 0.25) is 0 Å². The summed E-state index contributed by atoms with van der Waals surface area (Å²) in [6.45, 7) is 4.82. The van der Waals surface area contributed by atoms with Gasteiger partial charge in [0.05, 0.1) is 0 Å². The number of carboxylic acids is 1. The Morgan fingerprint density at radius 3 is 2.74 bits per heavy atom. The first-order valence-electron chi connectivity index (χ1n) is 6.50. The monoisotopic (exact) mass is 258 g/mol. The number of rotatable bonds is 5. The predicted octanol–water partition coefficient (Wildman–Crippen LogP) is 3.36. The molecule has 4 nitrogen and oxygen atoms in total. The molecule has 0 amide bonds. The summed E-state index contributed by atoms with van der Waals surface area (Å²) < 4.78 is 1.73. The van der Waals surface area contributed by atoms with E-state index < -0.39 is 5.97 Å². The zero-order valence-electron chi connectivity index (χ0n) is 11.3. The van der Waals surface area contributed by atoms with Crippen LogP contribution in [0.3, 0.4) is 0 Å². The van der Waals surface area contributed by atoms with E-state index in [1.165, 1.54) is 0 Å². The van der Waals surface area contributed by atoms with Gasteiger partial charge in [0.1, 0.15) is 11.3 Å². The first kappa shape index (κ1) is 13.3. The van der Waals surface area contributed by atoms with Crippen LogP contribution in [0.1, 0.15) is 35.7 Å². The molecule has 1 aromatic heterocycles. The van der Waals surface area contributed by atoms with Gasteiger partial charge in [-0.3, -0.25) is 4.68 Å². The first-order chi connectivity index (χ1) is 9.13. The van der Waals surface area contributed by atoms with Gasteiger partial charge in [-0.2, -0.15) is 5.10 Å². The van der Waals surface area contributed by atoms with Crippen LogP contribution >= 0.6 is 0 Å². The summed E-state index contributed by atoms with van der Waals surface area (Å²) in [6, 6.07) is 7.71. The van der Waals surface area contributed by atoms with Crippen molar-refractivity contribution in [3.05, 3.63) is 41.6 Å². The number of aromatic nitrogens is 2. The van der Waals surface area contributed by atoms with Gasteiger partial charge in [0, 0.05) is 18.3 Å². The molecular weight excluding hydrogens is 240 g/mol. The zero-order valence-corrected chi connectivity index (χ0v) is 11.3. The Balaban J connectivity index is 2.46. The predicted molar refractivity (Wildman–Crippen MR) is 74.3 cm³/mol. The smallest absolute Gasteiger partial charge is 0.339 e. The number of unbranched alkanes of at least 4 members (excludes halogenated alkanes) is 1. The third kappa shape index (κ3) is 2.84. The van der Waals surface area contributed by atoms with Crippen LogP contribution in [0.15, 0.2) is 30.5 Å². The second kappa shape index (κ2) is 5.69. The van der Waals surface area contributed by atoms with Crippen molar-refractivity contribution in [2.24, 2.45) is 0 Å². The lowest BCUT2D eigenvalue weighted by Gasteiger charge is -2.03. The van der Waals surface area contributed by atoms with E-state index in [4.69, 9.17) is 0 Å². The minimum atomic E-state index is -0.930. The van der Waals surface area contributed by atoms with Crippen molar-refractivity contribution in [1.82, 2.24) is 9.78 Å². The third-order valence-corrected chi connectivity index (χ3v) is 3.13. The second-order valence-corrected chi connectivity index (χ2v) is 4.63. The Labute approximate surface area is 112 Å². The maximum absolute atomic E-state index is 11.3. The summed E-state index contributed by atoms with van der Waals surface area (Å²) in [4.78, 5) is 11.3. The van der Waals surface area contributed by atoms with Gasteiger partial charge in [-0.1, -0.05) is 37.6 Å². The molecule has 0 radical (unpaired) electrons. The molecular formula is C15H18N2O2. The molecule has 1 aromatic carbocycles. The maximum Gasteiger partial charge on any atom is 0.339 e.